The smallest absolute Gasteiger partial charge is 0.272 e. The van der Waals surface area contributed by atoms with Crippen LogP contribution in [0.25, 0.3) is 21.5 Å². The highest BCUT2D eigenvalue weighted by Crippen LogP contribution is 2.40. The summed E-state index contributed by atoms with van der Waals surface area (Å²) in [5.41, 5.74) is 3.53. The topological polar surface area (TPSA) is 113 Å². The normalized spacial score (nSPS) is 20.5. The van der Waals surface area contributed by atoms with E-state index in [-0.39, 0.29) is 30.7 Å². The van der Waals surface area contributed by atoms with Gasteiger partial charge in [-0.25, -0.2) is 32.2 Å². The number of hydrogen-bond acceptors (Lipinski definition) is 11. The van der Waals surface area contributed by atoms with Crippen molar-refractivity contribution in [3.05, 3.63) is 22.7 Å². The summed E-state index contributed by atoms with van der Waals surface area (Å²) in [5.74, 6) is -1.79. The third-order valence-electron chi connectivity index (χ3n) is 8.05. The summed E-state index contributed by atoms with van der Waals surface area (Å²) in [6.07, 6.45) is 4.44. The highest BCUT2D eigenvalue weighted by atomic mass is 32.2. The van der Waals surface area contributed by atoms with E-state index in [0.29, 0.717) is 50.1 Å². The number of morpholine rings is 1. The van der Waals surface area contributed by atoms with Crippen LogP contribution >= 0.6 is 11.3 Å². The molecule has 228 valence electrons. The van der Waals surface area contributed by atoms with Gasteiger partial charge in [-0.1, -0.05) is 0 Å². The molecule has 42 heavy (non-hydrogen) atoms. The third-order valence-corrected chi connectivity index (χ3v) is 9.79. The largest absolute Gasteiger partial charge is 0.480 e. The van der Waals surface area contributed by atoms with E-state index in [1.807, 2.05) is 4.90 Å². The van der Waals surface area contributed by atoms with Gasteiger partial charge in [0.15, 0.2) is 0 Å². The first-order chi connectivity index (χ1) is 20.0. The van der Waals surface area contributed by atoms with Gasteiger partial charge >= 0.3 is 0 Å². The van der Waals surface area contributed by atoms with Gasteiger partial charge in [-0.15, -0.1) is 11.3 Å². The molecule has 11 nitrogen and oxygen atoms in total. The van der Waals surface area contributed by atoms with Crippen molar-refractivity contribution in [2.75, 3.05) is 75.5 Å². The first-order valence-corrected chi connectivity index (χ1v) is 16.7. The minimum atomic E-state index is -3.58. The van der Waals surface area contributed by atoms with Crippen LogP contribution in [0.1, 0.15) is 23.3 Å². The number of nitrogens with zero attached hydrogens (tertiary/aromatic N) is 6. The molecule has 0 amide bonds. The maximum absolute atomic E-state index is 13.4. The predicted molar refractivity (Wildman–Crippen MR) is 158 cm³/mol. The molecule has 3 aromatic rings. The highest BCUT2D eigenvalue weighted by molar-refractivity contribution is 7.92. The summed E-state index contributed by atoms with van der Waals surface area (Å²) in [4.78, 5) is 21.9. The van der Waals surface area contributed by atoms with Gasteiger partial charge in [0.05, 0.1) is 55.6 Å². The lowest BCUT2D eigenvalue weighted by Crippen LogP contribution is -2.61. The van der Waals surface area contributed by atoms with Gasteiger partial charge in [0.25, 0.3) is 5.92 Å². The SMILES string of the molecule is COc1ncc(-c2nc(N3CCOCC3)nc3c(CN4CCC(N5CC(F)(F)C5)CC4)c(C)sc23)cc1NS(C)(=O)=O. The first-order valence-electron chi connectivity index (χ1n) is 14.0. The molecule has 3 fully saturated rings. The number of anilines is 2. The second-order valence-electron chi connectivity index (χ2n) is 11.2. The molecule has 0 atom stereocenters. The summed E-state index contributed by atoms with van der Waals surface area (Å²) in [5, 5.41) is 0. The fourth-order valence-electron chi connectivity index (χ4n) is 5.90. The lowest BCUT2D eigenvalue weighted by Gasteiger charge is -2.46. The lowest BCUT2D eigenvalue weighted by molar-refractivity contribution is -0.151. The fourth-order valence-corrected chi connectivity index (χ4v) is 7.56. The van der Waals surface area contributed by atoms with Gasteiger partial charge in [-0.05, 0) is 38.9 Å². The maximum Gasteiger partial charge on any atom is 0.272 e. The second-order valence-corrected chi connectivity index (χ2v) is 14.2. The number of thiophene rings is 1. The highest BCUT2D eigenvalue weighted by Gasteiger charge is 2.46. The summed E-state index contributed by atoms with van der Waals surface area (Å²) in [6, 6.07) is 1.90. The number of hydrogen-bond donors (Lipinski definition) is 1. The number of piperidine rings is 1. The molecular formula is C27H35F2N7O4S2. The number of nitrogens with one attached hydrogen (secondary N) is 1. The second kappa shape index (κ2) is 11.4. The molecule has 0 saturated carbocycles. The molecule has 0 aliphatic carbocycles. The van der Waals surface area contributed by atoms with E-state index in [0.717, 1.165) is 52.8 Å². The minimum Gasteiger partial charge on any atom is -0.480 e. The Morgan fingerprint density at radius 2 is 1.88 bits per heavy atom. The number of methoxy groups -OCH3 is 1. The summed E-state index contributed by atoms with van der Waals surface area (Å²) >= 11 is 1.61. The van der Waals surface area contributed by atoms with E-state index < -0.39 is 15.9 Å². The van der Waals surface area contributed by atoms with Crippen molar-refractivity contribution < 1.29 is 26.7 Å². The number of rotatable bonds is 8. The monoisotopic (exact) mass is 623 g/mol. The summed E-state index contributed by atoms with van der Waals surface area (Å²) < 4.78 is 65.2. The van der Waals surface area contributed by atoms with Crippen molar-refractivity contribution in [1.29, 1.82) is 0 Å². The summed E-state index contributed by atoms with van der Waals surface area (Å²) in [7, 11) is -2.14. The minimum absolute atomic E-state index is 0.127. The number of alkyl halides is 2. The number of aryl methyl sites for hydroxylation is 1. The number of pyridine rings is 1. The van der Waals surface area contributed by atoms with Crippen molar-refractivity contribution in [1.82, 2.24) is 24.8 Å². The Kier molecular flexibility index (Phi) is 7.98. The van der Waals surface area contributed by atoms with E-state index in [9.17, 15) is 17.2 Å². The van der Waals surface area contributed by atoms with Crippen LogP contribution in [0, 0.1) is 6.92 Å². The molecule has 3 saturated heterocycles. The molecule has 3 aliphatic rings. The van der Waals surface area contributed by atoms with Gasteiger partial charge < -0.3 is 14.4 Å². The Bertz CT molecular complexity index is 1560. The van der Waals surface area contributed by atoms with Gasteiger partial charge in [-0.2, -0.15) is 0 Å². The molecule has 3 aromatic heterocycles. The van der Waals surface area contributed by atoms with E-state index in [4.69, 9.17) is 19.4 Å². The molecule has 0 aromatic carbocycles. The van der Waals surface area contributed by atoms with Crippen LogP contribution in [0.5, 0.6) is 5.88 Å². The molecule has 0 bridgehead atoms. The van der Waals surface area contributed by atoms with Crippen molar-refractivity contribution in [2.45, 2.75) is 38.3 Å². The van der Waals surface area contributed by atoms with Gasteiger partial charge in [-0.3, -0.25) is 14.5 Å². The Labute approximate surface area is 247 Å². The van der Waals surface area contributed by atoms with Crippen molar-refractivity contribution in [2.24, 2.45) is 0 Å². The Morgan fingerprint density at radius 1 is 1.17 bits per heavy atom. The van der Waals surface area contributed by atoms with Crippen LogP contribution in [0.4, 0.5) is 20.4 Å². The van der Waals surface area contributed by atoms with Crippen LogP contribution in [0.2, 0.25) is 0 Å². The lowest BCUT2D eigenvalue weighted by atomic mass is 9.98. The molecule has 0 unspecified atom stereocenters. The van der Waals surface area contributed by atoms with Gasteiger partial charge in [0, 0.05) is 47.9 Å². The fraction of sp³-hybridized carbons (Fsp3) is 0.593. The molecule has 0 radical (unpaired) electrons. The molecule has 3 aliphatic heterocycles. The zero-order chi connectivity index (χ0) is 29.6. The van der Waals surface area contributed by atoms with Crippen LogP contribution in [0.3, 0.4) is 0 Å². The molecule has 6 rings (SSSR count). The Hall–Kier alpha value is -2.72. The van der Waals surface area contributed by atoms with Crippen molar-refractivity contribution in [3.63, 3.8) is 0 Å². The third kappa shape index (κ3) is 6.16. The Balaban J connectivity index is 1.34. The van der Waals surface area contributed by atoms with Crippen LogP contribution < -0.4 is 14.4 Å². The average Bonchev–Trinajstić information content (AvgIpc) is 3.25. The van der Waals surface area contributed by atoms with Crippen molar-refractivity contribution >= 4 is 43.2 Å². The van der Waals surface area contributed by atoms with Crippen LogP contribution in [-0.4, -0.2) is 111 Å². The number of sulfonamides is 1. The molecule has 0 spiro atoms. The molecular weight excluding hydrogens is 588 g/mol. The van der Waals surface area contributed by atoms with Gasteiger partial charge in [0.2, 0.25) is 21.9 Å². The van der Waals surface area contributed by atoms with E-state index >= 15 is 0 Å². The molecule has 1 N–H and O–H groups in total. The van der Waals surface area contributed by atoms with E-state index in [2.05, 4.69) is 26.4 Å². The number of aromatic nitrogens is 3. The summed E-state index contributed by atoms with van der Waals surface area (Å²) in [6.45, 7) is 6.68. The van der Waals surface area contributed by atoms with Gasteiger partial charge in [0.1, 0.15) is 5.69 Å². The number of likely N-dealkylation sites (tertiary alicyclic amines) is 2. The predicted octanol–water partition coefficient (Wildman–Crippen LogP) is 3.19. The zero-order valence-corrected chi connectivity index (χ0v) is 25.5. The average molecular weight is 624 g/mol. The van der Waals surface area contributed by atoms with E-state index in [1.54, 1.807) is 23.6 Å². The van der Waals surface area contributed by atoms with Crippen LogP contribution in [0.15, 0.2) is 12.3 Å². The standard InChI is InChI=1S/C27H35F2N7O4S2/c1-17-20(14-34-6-4-19(5-7-34)36-15-27(28,29)16-36)23-24(41-17)22(31-26(32-23)35-8-10-40-11-9-35)18-12-21(33-42(3,37)38)25(39-2)30-13-18/h12-13,19,33H,4-11,14-16H2,1-3H3. The number of fused-ring (bicyclic) bond motifs is 1. The number of halogens is 2. The number of ether oxygens (including phenoxy) is 2. The van der Waals surface area contributed by atoms with Crippen LogP contribution in [-0.2, 0) is 21.3 Å². The maximum atomic E-state index is 13.4. The van der Waals surface area contributed by atoms with Crippen molar-refractivity contribution in [3.8, 4) is 17.1 Å². The first kappa shape index (κ1) is 29.4. The van der Waals surface area contributed by atoms with E-state index in [1.165, 1.54) is 7.11 Å². The Morgan fingerprint density at radius 3 is 2.52 bits per heavy atom. The molecule has 15 heteroatoms. The zero-order valence-electron chi connectivity index (χ0n) is 23.9. The quantitative estimate of drug-likeness (QED) is 0.402. The molecule has 6 heterocycles.